The molecule has 0 aliphatic carbocycles. The van der Waals surface area contributed by atoms with E-state index in [9.17, 15) is 4.79 Å². The van der Waals surface area contributed by atoms with Gasteiger partial charge in [0.05, 0.1) is 19.1 Å². The number of nitrogens with zero attached hydrogens (tertiary/aromatic N) is 2. The van der Waals surface area contributed by atoms with Crippen molar-refractivity contribution in [2.75, 3.05) is 46.4 Å². The summed E-state index contributed by atoms with van der Waals surface area (Å²) >= 11 is 0. The quantitative estimate of drug-likeness (QED) is 0.800. The number of carbonyl (C=O) groups excluding carboxylic acids is 1. The molecule has 0 bridgehead atoms. The van der Waals surface area contributed by atoms with Gasteiger partial charge in [0.15, 0.2) is 0 Å². The third-order valence-corrected chi connectivity index (χ3v) is 4.61. The van der Waals surface area contributed by atoms with E-state index >= 15 is 0 Å². The van der Waals surface area contributed by atoms with Crippen LogP contribution in [-0.2, 0) is 9.53 Å². The highest BCUT2D eigenvalue weighted by atomic mass is 16.5. The van der Waals surface area contributed by atoms with Crippen LogP contribution in [0.15, 0.2) is 0 Å². The highest BCUT2D eigenvalue weighted by Crippen LogP contribution is 2.20. The molecule has 0 aromatic carbocycles. The van der Waals surface area contributed by atoms with E-state index in [1.165, 1.54) is 0 Å². The van der Waals surface area contributed by atoms with Gasteiger partial charge in [-0.3, -0.25) is 9.69 Å². The third kappa shape index (κ3) is 3.51. The van der Waals surface area contributed by atoms with Crippen LogP contribution < -0.4 is 5.32 Å². The van der Waals surface area contributed by atoms with Crippen molar-refractivity contribution in [3.05, 3.63) is 0 Å². The average Bonchev–Trinajstić information content (AvgIpc) is 2.93. The molecule has 0 aromatic rings. The Morgan fingerprint density at radius 3 is 2.80 bits per heavy atom. The van der Waals surface area contributed by atoms with Gasteiger partial charge in [-0.05, 0) is 26.4 Å². The molecule has 2 aliphatic heterocycles. The second-order valence-corrected chi connectivity index (χ2v) is 6.03. The van der Waals surface area contributed by atoms with Crippen LogP contribution in [0.5, 0.6) is 0 Å². The monoisotopic (exact) mass is 283 g/mol. The van der Waals surface area contributed by atoms with Crippen LogP contribution in [0.1, 0.15) is 26.7 Å². The fourth-order valence-electron chi connectivity index (χ4n) is 3.15. The van der Waals surface area contributed by atoms with Crippen LogP contribution in [0.2, 0.25) is 0 Å². The van der Waals surface area contributed by atoms with E-state index in [0.29, 0.717) is 19.3 Å². The lowest BCUT2D eigenvalue weighted by Crippen LogP contribution is -2.56. The number of likely N-dealkylation sites (N-methyl/N-ethyl adjacent to an activating group) is 1. The van der Waals surface area contributed by atoms with Gasteiger partial charge < -0.3 is 15.0 Å². The number of amides is 1. The van der Waals surface area contributed by atoms with E-state index in [2.05, 4.69) is 31.1 Å². The van der Waals surface area contributed by atoms with Gasteiger partial charge in [0, 0.05) is 31.7 Å². The van der Waals surface area contributed by atoms with E-state index in [4.69, 9.17) is 4.74 Å². The number of ether oxygens (including phenoxy) is 1. The largest absolute Gasteiger partial charge is 0.379 e. The maximum Gasteiger partial charge on any atom is 0.229 e. The van der Waals surface area contributed by atoms with E-state index in [-0.39, 0.29) is 17.9 Å². The molecule has 2 fully saturated rings. The Bertz CT molecular complexity index is 324. The minimum Gasteiger partial charge on any atom is -0.379 e. The predicted molar refractivity (Wildman–Crippen MR) is 79.7 cm³/mol. The summed E-state index contributed by atoms with van der Waals surface area (Å²) in [4.78, 5) is 17.1. The number of piperazine rings is 1. The summed E-state index contributed by atoms with van der Waals surface area (Å²) in [6.45, 7) is 9.23. The van der Waals surface area contributed by atoms with Gasteiger partial charge in [-0.1, -0.05) is 13.8 Å². The SMILES string of the molecule is CCCNC1COCC1C(=O)N1CCN(C)C(CC)C1. The lowest BCUT2D eigenvalue weighted by Gasteiger charge is -2.40. The summed E-state index contributed by atoms with van der Waals surface area (Å²) in [5.41, 5.74) is 0. The summed E-state index contributed by atoms with van der Waals surface area (Å²) in [7, 11) is 2.15. The molecular formula is C15H29N3O2. The smallest absolute Gasteiger partial charge is 0.229 e. The minimum atomic E-state index is 0.00228. The van der Waals surface area contributed by atoms with Crippen molar-refractivity contribution in [3.8, 4) is 0 Å². The van der Waals surface area contributed by atoms with Crippen molar-refractivity contribution in [3.63, 3.8) is 0 Å². The van der Waals surface area contributed by atoms with Crippen molar-refractivity contribution in [1.29, 1.82) is 0 Å². The third-order valence-electron chi connectivity index (χ3n) is 4.61. The van der Waals surface area contributed by atoms with E-state index < -0.39 is 0 Å². The molecular weight excluding hydrogens is 254 g/mol. The Hall–Kier alpha value is -0.650. The molecule has 2 heterocycles. The van der Waals surface area contributed by atoms with Gasteiger partial charge in [-0.15, -0.1) is 0 Å². The number of rotatable bonds is 5. The normalized spacial score (nSPS) is 31.8. The van der Waals surface area contributed by atoms with Gasteiger partial charge in [0.2, 0.25) is 5.91 Å². The Balaban J connectivity index is 1.92. The van der Waals surface area contributed by atoms with Crippen LogP contribution in [0.3, 0.4) is 0 Å². The van der Waals surface area contributed by atoms with Crippen LogP contribution >= 0.6 is 0 Å². The van der Waals surface area contributed by atoms with Gasteiger partial charge in [-0.2, -0.15) is 0 Å². The van der Waals surface area contributed by atoms with Crippen molar-refractivity contribution < 1.29 is 9.53 Å². The fourth-order valence-corrected chi connectivity index (χ4v) is 3.15. The first-order valence-electron chi connectivity index (χ1n) is 7.97. The first-order valence-corrected chi connectivity index (χ1v) is 7.97. The second kappa shape index (κ2) is 7.38. The first-order chi connectivity index (χ1) is 9.67. The zero-order valence-corrected chi connectivity index (χ0v) is 13.1. The molecule has 3 unspecified atom stereocenters. The van der Waals surface area contributed by atoms with E-state index in [0.717, 1.165) is 39.0 Å². The van der Waals surface area contributed by atoms with Gasteiger partial charge in [0.1, 0.15) is 0 Å². The highest BCUT2D eigenvalue weighted by Gasteiger charge is 2.38. The standard InChI is InChI=1S/C15H29N3O2/c1-4-6-16-14-11-20-10-13(14)15(19)18-8-7-17(3)12(5-2)9-18/h12-14,16H,4-11H2,1-3H3. The summed E-state index contributed by atoms with van der Waals surface area (Å²) in [6.07, 6.45) is 2.18. The molecule has 0 spiro atoms. The molecule has 0 saturated carbocycles. The summed E-state index contributed by atoms with van der Waals surface area (Å²) in [6, 6.07) is 0.694. The lowest BCUT2D eigenvalue weighted by atomic mass is 10.00. The molecule has 3 atom stereocenters. The van der Waals surface area contributed by atoms with Crippen molar-refractivity contribution in [1.82, 2.24) is 15.1 Å². The molecule has 1 amide bonds. The molecule has 2 rings (SSSR count). The second-order valence-electron chi connectivity index (χ2n) is 6.03. The molecule has 5 heteroatoms. The Kier molecular flexibility index (Phi) is 5.81. The van der Waals surface area contributed by atoms with Crippen LogP contribution in [0.25, 0.3) is 0 Å². The molecule has 116 valence electrons. The predicted octanol–water partition coefficient (Wildman–Crippen LogP) is 0.554. The highest BCUT2D eigenvalue weighted by molar-refractivity contribution is 5.80. The Labute approximate surface area is 122 Å². The van der Waals surface area contributed by atoms with Crippen molar-refractivity contribution in [2.45, 2.75) is 38.8 Å². The maximum absolute atomic E-state index is 12.7. The lowest BCUT2D eigenvalue weighted by molar-refractivity contribution is -0.138. The van der Waals surface area contributed by atoms with Crippen molar-refractivity contribution >= 4 is 5.91 Å². The topological polar surface area (TPSA) is 44.8 Å². The first kappa shape index (κ1) is 15.7. The number of nitrogens with one attached hydrogen (secondary N) is 1. The molecule has 20 heavy (non-hydrogen) atoms. The van der Waals surface area contributed by atoms with Crippen molar-refractivity contribution in [2.24, 2.45) is 5.92 Å². The molecule has 2 saturated heterocycles. The summed E-state index contributed by atoms with van der Waals surface area (Å²) < 4.78 is 5.53. The molecule has 0 aromatic heterocycles. The van der Waals surface area contributed by atoms with Gasteiger partial charge >= 0.3 is 0 Å². The molecule has 2 aliphatic rings. The van der Waals surface area contributed by atoms with Crippen LogP contribution in [0, 0.1) is 5.92 Å². The number of hydrogen-bond acceptors (Lipinski definition) is 4. The van der Waals surface area contributed by atoms with E-state index in [1.54, 1.807) is 0 Å². The number of carbonyl (C=O) groups is 1. The minimum absolute atomic E-state index is 0.00228. The van der Waals surface area contributed by atoms with Gasteiger partial charge in [-0.25, -0.2) is 0 Å². The Morgan fingerprint density at radius 2 is 2.10 bits per heavy atom. The van der Waals surface area contributed by atoms with Crippen LogP contribution in [-0.4, -0.2) is 74.2 Å². The summed E-state index contributed by atoms with van der Waals surface area (Å²) in [5.74, 6) is 0.283. The summed E-state index contributed by atoms with van der Waals surface area (Å²) in [5, 5.41) is 3.45. The molecule has 0 radical (unpaired) electrons. The fraction of sp³-hybridized carbons (Fsp3) is 0.933. The number of hydrogen-bond donors (Lipinski definition) is 1. The van der Waals surface area contributed by atoms with Gasteiger partial charge in [0.25, 0.3) is 0 Å². The maximum atomic E-state index is 12.7. The molecule has 5 nitrogen and oxygen atoms in total. The Morgan fingerprint density at radius 1 is 1.30 bits per heavy atom. The zero-order chi connectivity index (χ0) is 14.5. The average molecular weight is 283 g/mol. The van der Waals surface area contributed by atoms with Crippen LogP contribution in [0.4, 0.5) is 0 Å². The zero-order valence-electron chi connectivity index (χ0n) is 13.1. The molecule has 1 N–H and O–H groups in total. The van der Waals surface area contributed by atoms with E-state index in [1.807, 2.05) is 4.90 Å².